The number of piperazine rings is 1. The van der Waals surface area contributed by atoms with Gasteiger partial charge in [-0.3, -0.25) is 9.69 Å². The smallest absolute Gasteiger partial charge is 0.150 e. The summed E-state index contributed by atoms with van der Waals surface area (Å²) in [5.74, 6) is 0.804. The van der Waals surface area contributed by atoms with Crippen molar-refractivity contribution in [1.82, 2.24) is 9.80 Å². The van der Waals surface area contributed by atoms with E-state index >= 15 is 0 Å². The molecule has 1 aromatic carbocycles. The van der Waals surface area contributed by atoms with Crippen LogP contribution in [0.1, 0.15) is 15.9 Å². The molecule has 0 radical (unpaired) electrons. The summed E-state index contributed by atoms with van der Waals surface area (Å²) in [5, 5.41) is 0. The van der Waals surface area contributed by atoms with Crippen molar-refractivity contribution in [2.45, 2.75) is 6.54 Å². The number of methoxy groups -OCH3 is 1. The molecule has 4 heteroatoms. The van der Waals surface area contributed by atoms with Crippen LogP contribution in [0.4, 0.5) is 0 Å². The van der Waals surface area contributed by atoms with Gasteiger partial charge in [0.25, 0.3) is 0 Å². The van der Waals surface area contributed by atoms with Gasteiger partial charge in [0.2, 0.25) is 0 Å². The minimum Gasteiger partial charge on any atom is -0.496 e. The van der Waals surface area contributed by atoms with Crippen LogP contribution >= 0.6 is 0 Å². The lowest BCUT2D eigenvalue weighted by Crippen LogP contribution is -2.44. The van der Waals surface area contributed by atoms with Crippen molar-refractivity contribution in [3.8, 4) is 5.75 Å². The fourth-order valence-electron chi connectivity index (χ4n) is 2.28. The predicted octanol–water partition coefficient (Wildman–Crippen LogP) is 1.26. The molecule has 1 aliphatic rings. The van der Waals surface area contributed by atoms with E-state index in [0.717, 1.165) is 55.9 Å². The summed E-state index contributed by atoms with van der Waals surface area (Å²) in [6, 6.07) is 5.62. The van der Waals surface area contributed by atoms with E-state index in [1.807, 2.05) is 18.2 Å². The van der Waals surface area contributed by atoms with Crippen LogP contribution in [0.5, 0.6) is 5.75 Å². The number of ether oxygens (including phenoxy) is 1. The van der Waals surface area contributed by atoms with Crippen LogP contribution in [0.25, 0.3) is 0 Å². The van der Waals surface area contributed by atoms with Gasteiger partial charge in [-0.1, -0.05) is 12.1 Å². The van der Waals surface area contributed by atoms with Crippen molar-refractivity contribution < 1.29 is 9.53 Å². The Morgan fingerprint density at radius 2 is 2.00 bits per heavy atom. The van der Waals surface area contributed by atoms with Crippen molar-refractivity contribution >= 4 is 6.29 Å². The van der Waals surface area contributed by atoms with Crippen LogP contribution in [0.15, 0.2) is 18.2 Å². The molecule has 1 fully saturated rings. The zero-order chi connectivity index (χ0) is 13.0. The standard InChI is InChI=1S/C14H20N2O2/c1-15-6-8-16(9-7-15)10-13-12(11-17)4-3-5-14(13)18-2/h3-5,11H,6-10H2,1-2H3. The number of benzene rings is 1. The van der Waals surface area contributed by atoms with Crippen molar-refractivity contribution in [3.63, 3.8) is 0 Å². The highest BCUT2D eigenvalue weighted by molar-refractivity contribution is 5.78. The van der Waals surface area contributed by atoms with Crippen LogP contribution in [0.2, 0.25) is 0 Å². The Morgan fingerprint density at radius 1 is 1.28 bits per heavy atom. The maximum atomic E-state index is 11.1. The first-order valence-electron chi connectivity index (χ1n) is 6.26. The molecule has 0 N–H and O–H groups in total. The van der Waals surface area contributed by atoms with Crippen molar-refractivity contribution in [2.24, 2.45) is 0 Å². The van der Waals surface area contributed by atoms with Gasteiger partial charge in [0.05, 0.1) is 7.11 Å². The molecule has 18 heavy (non-hydrogen) atoms. The lowest BCUT2D eigenvalue weighted by atomic mass is 10.1. The van der Waals surface area contributed by atoms with E-state index in [4.69, 9.17) is 4.74 Å². The number of aldehydes is 1. The molecule has 0 bridgehead atoms. The quantitative estimate of drug-likeness (QED) is 0.751. The summed E-state index contributed by atoms with van der Waals surface area (Å²) in [6.45, 7) is 5.00. The zero-order valence-electron chi connectivity index (χ0n) is 11.1. The van der Waals surface area contributed by atoms with E-state index in [2.05, 4.69) is 16.8 Å². The minimum absolute atomic E-state index is 0.730. The molecule has 0 aliphatic carbocycles. The summed E-state index contributed by atoms with van der Waals surface area (Å²) < 4.78 is 5.35. The molecule has 4 nitrogen and oxygen atoms in total. The van der Waals surface area contributed by atoms with Crippen LogP contribution in [-0.4, -0.2) is 56.4 Å². The van der Waals surface area contributed by atoms with Crippen molar-refractivity contribution in [3.05, 3.63) is 29.3 Å². The summed E-state index contributed by atoms with van der Waals surface area (Å²) in [4.78, 5) is 15.8. The topological polar surface area (TPSA) is 32.8 Å². The highest BCUT2D eigenvalue weighted by Gasteiger charge is 2.17. The zero-order valence-corrected chi connectivity index (χ0v) is 11.1. The maximum Gasteiger partial charge on any atom is 0.150 e. The average Bonchev–Trinajstić information content (AvgIpc) is 2.41. The Hall–Kier alpha value is -1.39. The molecular weight excluding hydrogens is 228 g/mol. The molecule has 98 valence electrons. The molecule has 1 aliphatic heterocycles. The number of hydrogen-bond acceptors (Lipinski definition) is 4. The molecule has 1 heterocycles. The van der Waals surface area contributed by atoms with Gasteiger partial charge in [-0.2, -0.15) is 0 Å². The Balaban J connectivity index is 2.14. The Morgan fingerprint density at radius 3 is 2.61 bits per heavy atom. The minimum atomic E-state index is 0.730. The summed E-state index contributed by atoms with van der Waals surface area (Å²) in [6.07, 6.45) is 0.911. The first-order valence-corrected chi connectivity index (χ1v) is 6.26. The van der Waals surface area contributed by atoms with E-state index in [1.54, 1.807) is 7.11 Å². The Labute approximate surface area is 108 Å². The lowest BCUT2D eigenvalue weighted by Gasteiger charge is -2.32. The summed E-state index contributed by atoms with van der Waals surface area (Å²) in [5.41, 5.74) is 1.73. The first-order chi connectivity index (χ1) is 8.74. The lowest BCUT2D eigenvalue weighted by molar-refractivity contribution is 0.111. The fourth-order valence-corrected chi connectivity index (χ4v) is 2.28. The van der Waals surface area contributed by atoms with Gasteiger partial charge in [0, 0.05) is 43.9 Å². The Kier molecular flexibility index (Phi) is 4.33. The third kappa shape index (κ3) is 2.89. The van der Waals surface area contributed by atoms with Crippen molar-refractivity contribution in [2.75, 3.05) is 40.3 Å². The second-order valence-corrected chi connectivity index (χ2v) is 4.73. The maximum absolute atomic E-state index is 11.1. The van der Waals surface area contributed by atoms with Gasteiger partial charge in [-0.25, -0.2) is 0 Å². The molecular formula is C14H20N2O2. The summed E-state index contributed by atoms with van der Waals surface area (Å²) in [7, 11) is 3.79. The third-order valence-electron chi connectivity index (χ3n) is 3.49. The molecule has 0 unspecified atom stereocenters. The molecule has 1 saturated heterocycles. The average molecular weight is 248 g/mol. The van der Waals surface area contributed by atoms with E-state index in [1.165, 1.54) is 0 Å². The number of hydrogen-bond donors (Lipinski definition) is 0. The van der Waals surface area contributed by atoms with E-state index in [0.29, 0.717) is 0 Å². The Bertz CT molecular complexity index is 412. The molecule has 0 amide bonds. The van der Waals surface area contributed by atoms with Gasteiger partial charge >= 0.3 is 0 Å². The number of carbonyl (C=O) groups is 1. The van der Waals surface area contributed by atoms with Gasteiger partial charge in [0.15, 0.2) is 6.29 Å². The molecule has 1 aromatic rings. The van der Waals surface area contributed by atoms with E-state index < -0.39 is 0 Å². The second kappa shape index (κ2) is 5.98. The van der Waals surface area contributed by atoms with E-state index in [-0.39, 0.29) is 0 Å². The van der Waals surface area contributed by atoms with Crippen LogP contribution < -0.4 is 4.74 Å². The third-order valence-corrected chi connectivity index (χ3v) is 3.49. The van der Waals surface area contributed by atoms with Crippen LogP contribution in [-0.2, 0) is 6.54 Å². The predicted molar refractivity (Wildman–Crippen MR) is 71.2 cm³/mol. The fraction of sp³-hybridized carbons (Fsp3) is 0.500. The van der Waals surface area contributed by atoms with Crippen molar-refractivity contribution in [1.29, 1.82) is 0 Å². The van der Waals surface area contributed by atoms with E-state index in [9.17, 15) is 4.79 Å². The summed E-state index contributed by atoms with van der Waals surface area (Å²) >= 11 is 0. The van der Waals surface area contributed by atoms with Gasteiger partial charge < -0.3 is 9.64 Å². The normalized spacial score (nSPS) is 17.7. The SMILES string of the molecule is COc1cccc(C=O)c1CN1CCN(C)CC1. The molecule has 2 rings (SSSR count). The highest BCUT2D eigenvalue weighted by atomic mass is 16.5. The van der Waals surface area contributed by atoms with Gasteiger partial charge in [-0.15, -0.1) is 0 Å². The van der Waals surface area contributed by atoms with Crippen LogP contribution in [0.3, 0.4) is 0 Å². The van der Waals surface area contributed by atoms with Crippen LogP contribution in [0, 0.1) is 0 Å². The molecule has 0 spiro atoms. The number of carbonyl (C=O) groups excluding carboxylic acids is 1. The molecule has 0 aromatic heterocycles. The monoisotopic (exact) mass is 248 g/mol. The van der Waals surface area contributed by atoms with Gasteiger partial charge in [-0.05, 0) is 13.1 Å². The largest absolute Gasteiger partial charge is 0.496 e. The molecule has 0 saturated carbocycles. The van der Waals surface area contributed by atoms with Gasteiger partial charge in [0.1, 0.15) is 5.75 Å². The highest BCUT2D eigenvalue weighted by Crippen LogP contribution is 2.23. The number of likely N-dealkylation sites (N-methyl/N-ethyl adjacent to an activating group) is 1. The molecule has 0 atom stereocenters. The number of nitrogens with zero attached hydrogens (tertiary/aromatic N) is 2. The first kappa shape index (κ1) is 13.1. The number of rotatable bonds is 4. The second-order valence-electron chi connectivity index (χ2n) is 4.73.